The second kappa shape index (κ2) is 5.26. The number of hydrogen-bond donors (Lipinski definition) is 0. The highest BCUT2D eigenvalue weighted by atomic mass is 79.9. The van der Waals surface area contributed by atoms with Crippen LogP contribution in [0, 0.1) is 10.1 Å². The first-order chi connectivity index (χ1) is 8.67. The molecule has 1 aromatic carbocycles. The molecule has 0 aliphatic heterocycles. The van der Waals surface area contributed by atoms with Gasteiger partial charge in [0.05, 0.1) is 10.3 Å². The largest absolute Gasteiger partial charge is 0.311 e. The van der Waals surface area contributed by atoms with E-state index < -0.39 is 4.92 Å². The summed E-state index contributed by atoms with van der Waals surface area (Å²) in [4.78, 5) is 10.2. The Kier molecular flexibility index (Phi) is 3.71. The first-order valence-corrected chi connectivity index (χ1v) is 6.52. The molecule has 0 unspecified atom stereocenters. The van der Waals surface area contributed by atoms with Crippen LogP contribution in [0.1, 0.15) is 12.7 Å². The number of rotatable bonds is 4. The minimum Gasteiger partial charge on any atom is -0.311 e. The lowest BCUT2D eigenvalue weighted by Crippen LogP contribution is -2.01. The topological polar surface area (TPSA) is 73.8 Å². The maximum absolute atomic E-state index is 10.6. The van der Waals surface area contributed by atoms with Crippen LogP contribution in [-0.4, -0.2) is 19.7 Å². The Balaban J connectivity index is 2.42. The van der Waals surface area contributed by atoms with Crippen LogP contribution in [0.3, 0.4) is 0 Å². The van der Waals surface area contributed by atoms with Crippen molar-refractivity contribution in [2.24, 2.45) is 0 Å². The van der Waals surface area contributed by atoms with E-state index in [-0.39, 0.29) is 5.69 Å². The quantitative estimate of drug-likeness (QED) is 0.494. The molecule has 0 radical (unpaired) electrons. The zero-order chi connectivity index (χ0) is 13.1. The zero-order valence-electron chi connectivity index (χ0n) is 9.71. The maximum Gasteiger partial charge on any atom is 0.269 e. The van der Waals surface area contributed by atoms with Crippen molar-refractivity contribution in [3.8, 4) is 11.4 Å². The minimum absolute atomic E-state index is 0.0713. The summed E-state index contributed by atoms with van der Waals surface area (Å²) in [7, 11) is 0. The van der Waals surface area contributed by atoms with E-state index in [0.717, 1.165) is 23.8 Å². The fraction of sp³-hybridized carbons (Fsp3) is 0.273. The van der Waals surface area contributed by atoms with Gasteiger partial charge in [-0.2, -0.15) is 0 Å². The molecule has 0 amide bonds. The Morgan fingerprint density at radius 2 is 2.00 bits per heavy atom. The van der Waals surface area contributed by atoms with Gasteiger partial charge in [-0.3, -0.25) is 10.1 Å². The monoisotopic (exact) mass is 310 g/mol. The Morgan fingerprint density at radius 3 is 2.50 bits per heavy atom. The third kappa shape index (κ3) is 2.26. The molecule has 0 fully saturated rings. The third-order valence-corrected chi connectivity index (χ3v) is 3.10. The van der Waals surface area contributed by atoms with E-state index in [1.54, 1.807) is 12.1 Å². The van der Waals surface area contributed by atoms with Crippen LogP contribution in [0.5, 0.6) is 0 Å². The van der Waals surface area contributed by atoms with Crippen molar-refractivity contribution < 1.29 is 4.92 Å². The average molecular weight is 311 g/mol. The van der Waals surface area contributed by atoms with E-state index in [1.807, 2.05) is 11.5 Å². The summed E-state index contributed by atoms with van der Waals surface area (Å²) in [5.41, 5.74) is 0.893. The predicted molar refractivity (Wildman–Crippen MR) is 70.4 cm³/mol. The summed E-state index contributed by atoms with van der Waals surface area (Å²) in [6, 6.07) is 6.31. The molecule has 18 heavy (non-hydrogen) atoms. The van der Waals surface area contributed by atoms with E-state index in [9.17, 15) is 10.1 Å². The lowest BCUT2D eigenvalue weighted by molar-refractivity contribution is -0.384. The summed E-state index contributed by atoms with van der Waals surface area (Å²) in [5.74, 6) is 1.56. The van der Waals surface area contributed by atoms with Gasteiger partial charge in [0, 0.05) is 24.2 Å². The molecule has 0 atom stereocenters. The van der Waals surface area contributed by atoms with Crippen molar-refractivity contribution in [1.82, 2.24) is 14.8 Å². The van der Waals surface area contributed by atoms with E-state index >= 15 is 0 Å². The van der Waals surface area contributed by atoms with Gasteiger partial charge in [0.2, 0.25) is 0 Å². The van der Waals surface area contributed by atoms with E-state index in [4.69, 9.17) is 0 Å². The second-order valence-electron chi connectivity index (χ2n) is 3.62. The van der Waals surface area contributed by atoms with E-state index in [0.29, 0.717) is 5.33 Å². The number of nitrogens with zero attached hydrogens (tertiary/aromatic N) is 4. The van der Waals surface area contributed by atoms with Crippen molar-refractivity contribution in [2.75, 3.05) is 0 Å². The number of nitro groups is 1. The number of benzene rings is 1. The highest BCUT2D eigenvalue weighted by Crippen LogP contribution is 2.22. The van der Waals surface area contributed by atoms with Crippen LogP contribution in [0.4, 0.5) is 5.69 Å². The number of hydrogen-bond acceptors (Lipinski definition) is 4. The molecule has 2 aromatic rings. The van der Waals surface area contributed by atoms with Gasteiger partial charge in [-0.15, -0.1) is 10.2 Å². The molecule has 1 heterocycles. The number of halogens is 1. The molecular formula is C11H11BrN4O2. The first kappa shape index (κ1) is 12.7. The van der Waals surface area contributed by atoms with Crippen molar-refractivity contribution in [2.45, 2.75) is 18.8 Å². The second-order valence-corrected chi connectivity index (χ2v) is 4.18. The number of alkyl halides is 1. The SMILES string of the molecule is CCn1c(CBr)nnc1-c1ccc([N+](=O)[O-])cc1. The highest BCUT2D eigenvalue weighted by Gasteiger charge is 2.13. The van der Waals surface area contributed by atoms with Crippen LogP contribution < -0.4 is 0 Å². The van der Waals surface area contributed by atoms with E-state index in [2.05, 4.69) is 26.1 Å². The Hall–Kier alpha value is -1.76. The standard InChI is InChI=1S/C11H11BrN4O2/c1-2-15-10(7-12)13-14-11(15)8-3-5-9(6-4-8)16(17)18/h3-6H,2,7H2,1H3. The molecule has 94 valence electrons. The molecule has 7 heteroatoms. The van der Waals surface area contributed by atoms with Gasteiger partial charge in [-0.1, -0.05) is 15.9 Å². The fourth-order valence-corrected chi connectivity index (χ4v) is 2.13. The molecule has 0 saturated heterocycles. The van der Waals surface area contributed by atoms with Crippen LogP contribution in [-0.2, 0) is 11.9 Å². The number of aromatic nitrogens is 3. The summed E-state index contributed by atoms with van der Waals surface area (Å²) in [5, 5.41) is 19.4. The normalized spacial score (nSPS) is 10.6. The van der Waals surface area contributed by atoms with Crippen LogP contribution in [0.15, 0.2) is 24.3 Å². The maximum atomic E-state index is 10.6. The lowest BCUT2D eigenvalue weighted by atomic mass is 10.2. The molecule has 1 aromatic heterocycles. The average Bonchev–Trinajstić information content (AvgIpc) is 2.81. The highest BCUT2D eigenvalue weighted by molar-refractivity contribution is 9.08. The molecular weight excluding hydrogens is 300 g/mol. The molecule has 0 saturated carbocycles. The molecule has 0 spiro atoms. The predicted octanol–water partition coefficient (Wildman–Crippen LogP) is 2.77. The summed E-state index contributed by atoms with van der Waals surface area (Å²) in [6.07, 6.45) is 0. The van der Waals surface area contributed by atoms with Gasteiger partial charge in [-0.25, -0.2) is 0 Å². The molecule has 0 bridgehead atoms. The zero-order valence-corrected chi connectivity index (χ0v) is 11.3. The van der Waals surface area contributed by atoms with Gasteiger partial charge >= 0.3 is 0 Å². The summed E-state index contributed by atoms with van der Waals surface area (Å²) < 4.78 is 1.97. The lowest BCUT2D eigenvalue weighted by Gasteiger charge is -2.05. The first-order valence-electron chi connectivity index (χ1n) is 5.40. The molecule has 0 N–H and O–H groups in total. The van der Waals surface area contributed by atoms with Crippen LogP contribution in [0.25, 0.3) is 11.4 Å². The smallest absolute Gasteiger partial charge is 0.269 e. The van der Waals surface area contributed by atoms with Crippen molar-refractivity contribution in [3.63, 3.8) is 0 Å². The van der Waals surface area contributed by atoms with Crippen LogP contribution >= 0.6 is 15.9 Å². The van der Waals surface area contributed by atoms with Gasteiger partial charge in [0.25, 0.3) is 5.69 Å². The third-order valence-electron chi connectivity index (χ3n) is 2.60. The van der Waals surface area contributed by atoms with Gasteiger partial charge in [-0.05, 0) is 19.1 Å². The van der Waals surface area contributed by atoms with Crippen molar-refractivity contribution >= 4 is 21.6 Å². The summed E-state index contributed by atoms with van der Waals surface area (Å²) >= 11 is 3.35. The molecule has 2 rings (SSSR count). The summed E-state index contributed by atoms with van der Waals surface area (Å²) in [6.45, 7) is 2.75. The van der Waals surface area contributed by atoms with E-state index in [1.165, 1.54) is 12.1 Å². The molecule has 6 nitrogen and oxygen atoms in total. The molecule has 0 aliphatic rings. The number of non-ortho nitro benzene ring substituents is 1. The van der Waals surface area contributed by atoms with Gasteiger partial charge < -0.3 is 4.57 Å². The van der Waals surface area contributed by atoms with Gasteiger partial charge in [0.15, 0.2) is 5.82 Å². The fourth-order valence-electron chi connectivity index (χ4n) is 1.71. The Morgan fingerprint density at radius 1 is 1.33 bits per heavy atom. The Labute approximate surface area is 112 Å². The minimum atomic E-state index is -0.418. The molecule has 0 aliphatic carbocycles. The van der Waals surface area contributed by atoms with Gasteiger partial charge in [0.1, 0.15) is 5.82 Å². The van der Waals surface area contributed by atoms with Crippen molar-refractivity contribution in [3.05, 3.63) is 40.2 Å². The van der Waals surface area contributed by atoms with Crippen molar-refractivity contribution in [1.29, 1.82) is 0 Å². The number of nitro benzene ring substituents is 1. The van der Waals surface area contributed by atoms with Crippen LogP contribution in [0.2, 0.25) is 0 Å². The Bertz CT molecular complexity index is 565.